The molecule has 2 rings (SSSR count). The first-order chi connectivity index (χ1) is 7.48. The minimum atomic E-state index is -0.149. The van der Waals surface area contributed by atoms with Gasteiger partial charge in [0.25, 0.3) is 0 Å². The lowest BCUT2D eigenvalue weighted by Gasteiger charge is -2.19. The number of nitrogens with zero attached hydrogens (tertiary/aromatic N) is 4. The Kier molecular flexibility index (Phi) is 2.38. The van der Waals surface area contributed by atoms with Crippen molar-refractivity contribution in [2.24, 2.45) is 0 Å². The number of nitrogens with two attached hydrogens (primary N) is 1. The van der Waals surface area contributed by atoms with Gasteiger partial charge < -0.3 is 5.73 Å². The SMILES string of the molecule is CC(C)(C)n1nnnc1-c1cccc(N)c1. The maximum absolute atomic E-state index is 5.75. The van der Waals surface area contributed by atoms with Crippen molar-refractivity contribution in [3.05, 3.63) is 24.3 Å². The minimum Gasteiger partial charge on any atom is -0.399 e. The number of hydrogen-bond donors (Lipinski definition) is 1. The summed E-state index contributed by atoms with van der Waals surface area (Å²) in [4.78, 5) is 0. The van der Waals surface area contributed by atoms with Gasteiger partial charge in [-0.15, -0.1) is 5.10 Å². The summed E-state index contributed by atoms with van der Waals surface area (Å²) < 4.78 is 1.79. The second-order valence-corrected chi connectivity index (χ2v) is 4.71. The molecule has 2 aromatic rings. The number of benzene rings is 1. The van der Waals surface area contributed by atoms with Crippen LogP contribution in [-0.2, 0) is 5.54 Å². The van der Waals surface area contributed by atoms with E-state index in [-0.39, 0.29) is 5.54 Å². The molecule has 5 nitrogen and oxygen atoms in total. The maximum Gasteiger partial charge on any atom is 0.182 e. The number of anilines is 1. The van der Waals surface area contributed by atoms with Gasteiger partial charge in [-0.1, -0.05) is 12.1 Å². The van der Waals surface area contributed by atoms with Crippen molar-refractivity contribution in [1.82, 2.24) is 20.2 Å². The highest BCUT2D eigenvalue weighted by atomic mass is 15.6. The summed E-state index contributed by atoms with van der Waals surface area (Å²) >= 11 is 0. The van der Waals surface area contributed by atoms with Crippen LogP contribution in [0.25, 0.3) is 11.4 Å². The van der Waals surface area contributed by atoms with Gasteiger partial charge in [-0.25, -0.2) is 4.68 Å². The van der Waals surface area contributed by atoms with Crippen molar-refractivity contribution >= 4 is 5.69 Å². The van der Waals surface area contributed by atoms with E-state index in [1.54, 1.807) is 4.68 Å². The Balaban J connectivity index is 2.53. The Hall–Kier alpha value is -1.91. The molecule has 2 N–H and O–H groups in total. The van der Waals surface area contributed by atoms with Gasteiger partial charge in [0.1, 0.15) is 0 Å². The molecule has 1 aromatic carbocycles. The number of tetrazole rings is 1. The number of nitrogen functional groups attached to an aromatic ring is 1. The normalized spacial score (nSPS) is 11.7. The average molecular weight is 217 g/mol. The predicted octanol–water partition coefficient (Wildman–Crippen LogP) is 1.68. The van der Waals surface area contributed by atoms with Crippen LogP contribution in [0.4, 0.5) is 5.69 Å². The summed E-state index contributed by atoms with van der Waals surface area (Å²) in [5.74, 6) is 0.736. The first-order valence-corrected chi connectivity index (χ1v) is 5.13. The zero-order chi connectivity index (χ0) is 11.8. The molecular formula is C11H15N5. The predicted molar refractivity (Wildman–Crippen MR) is 62.7 cm³/mol. The number of hydrogen-bond acceptors (Lipinski definition) is 4. The zero-order valence-electron chi connectivity index (χ0n) is 9.68. The average Bonchev–Trinajstić information content (AvgIpc) is 2.65. The van der Waals surface area contributed by atoms with E-state index in [9.17, 15) is 0 Å². The smallest absolute Gasteiger partial charge is 0.182 e. The molecule has 0 bridgehead atoms. The number of aromatic nitrogens is 4. The van der Waals surface area contributed by atoms with Gasteiger partial charge in [-0.3, -0.25) is 0 Å². The maximum atomic E-state index is 5.75. The lowest BCUT2D eigenvalue weighted by molar-refractivity contribution is 0.351. The quantitative estimate of drug-likeness (QED) is 0.738. The van der Waals surface area contributed by atoms with Crippen LogP contribution >= 0.6 is 0 Å². The van der Waals surface area contributed by atoms with Crippen molar-refractivity contribution < 1.29 is 0 Å². The first-order valence-electron chi connectivity index (χ1n) is 5.13. The highest BCUT2D eigenvalue weighted by molar-refractivity contribution is 5.60. The third-order valence-corrected chi connectivity index (χ3v) is 2.25. The van der Waals surface area contributed by atoms with E-state index < -0.39 is 0 Å². The van der Waals surface area contributed by atoms with Gasteiger partial charge in [-0.2, -0.15) is 0 Å². The van der Waals surface area contributed by atoms with E-state index in [0.29, 0.717) is 5.69 Å². The molecule has 5 heteroatoms. The Morgan fingerprint density at radius 1 is 1.25 bits per heavy atom. The molecule has 0 saturated heterocycles. The Bertz CT molecular complexity index is 495. The highest BCUT2D eigenvalue weighted by Crippen LogP contribution is 2.23. The second-order valence-electron chi connectivity index (χ2n) is 4.71. The Labute approximate surface area is 94.3 Å². The van der Waals surface area contributed by atoms with Crippen LogP contribution in [0.15, 0.2) is 24.3 Å². The molecule has 0 aliphatic rings. The summed E-state index contributed by atoms with van der Waals surface area (Å²) in [6.45, 7) is 6.16. The molecule has 1 heterocycles. The second kappa shape index (κ2) is 3.59. The topological polar surface area (TPSA) is 69.6 Å². The van der Waals surface area contributed by atoms with Crippen LogP contribution in [0.5, 0.6) is 0 Å². The minimum absolute atomic E-state index is 0.149. The van der Waals surface area contributed by atoms with Crippen molar-refractivity contribution in [2.45, 2.75) is 26.3 Å². The van der Waals surface area contributed by atoms with Crippen molar-refractivity contribution in [1.29, 1.82) is 0 Å². The fourth-order valence-corrected chi connectivity index (χ4v) is 1.50. The molecule has 0 amide bonds. The molecule has 0 aliphatic heterocycles. The molecule has 16 heavy (non-hydrogen) atoms. The van der Waals surface area contributed by atoms with Gasteiger partial charge in [0, 0.05) is 11.3 Å². The van der Waals surface area contributed by atoms with Crippen LogP contribution in [0.1, 0.15) is 20.8 Å². The van der Waals surface area contributed by atoms with Crippen LogP contribution in [0, 0.1) is 0 Å². The summed E-state index contributed by atoms with van der Waals surface area (Å²) in [7, 11) is 0. The third kappa shape index (κ3) is 1.88. The summed E-state index contributed by atoms with van der Waals surface area (Å²) in [6, 6.07) is 7.55. The van der Waals surface area contributed by atoms with Crippen LogP contribution in [0.3, 0.4) is 0 Å². The molecule has 84 valence electrons. The standard InChI is InChI=1S/C11H15N5/c1-11(2,3)16-10(13-14-15-16)8-5-4-6-9(12)7-8/h4-7H,12H2,1-3H3. The van der Waals surface area contributed by atoms with Crippen LogP contribution in [-0.4, -0.2) is 20.2 Å². The molecule has 1 aromatic heterocycles. The van der Waals surface area contributed by atoms with Gasteiger partial charge in [0.15, 0.2) is 5.82 Å². The largest absolute Gasteiger partial charge is 0.399 e. The molecule has 0 unspecified atom stereocenters. The number of rotatable bonds is 1. The Morgan fingerprint density at radius 3 is 2.62 bits per heavy atom. The van der Waals surface area contributed by atoms with Gasteiger partial charge in [0.05, 0.1) is 5.54 Å². The van der Waals surface area contributed by atoms with E-state index in [1.165, 1.54) is 0 Å². The van der Waals surface area contributed by atoms with E-state index in [4.69, 9.17) is 5.73 Å². The Morgan fingerprint density at radius 2 is 2.00 bits per heavy atom. The summed E-state index contributed by atoms with van der Waals surface area (Å²) in [5, 5.41) is 11.8. The van der Waals surface area contributed by atoms with E-state index in [2.05, 4.69) is 36.3 Å². The van der Waals surface area contributed by atoms with E-state index in [1.807, 2.05) is 24.3 Å². The monoisotopic (exact) mass is 217 g/mol. The summed E-state index contributed by atoms with van der Waals surface area (Å²) in [6.07, 6.45) is 0. The zero-order valence-corrected chi connectivity index (χ0v) is 9.68. The fourth-order valence-electron chi connectivity index (χ4n) is 1.50. The molecule has 0 fully saturated rings. The van der Waals surface area contributed by atoms with Crippen molar-refractivity contribution in [3.8, 4) is 11.4 Å². The van der Waals surface area contributed by atoms with Crippen LogP contribution < -0.4 is 5.73 Å². The van der Waals surface area contributed by atoms with E-state index in [0.717, 1.165) is 11.4 Å². The molecule has 0 spiro atoms. The molecule has 0 aliphatic carbocycles. The molecule has 0 atom stereocenters. The highest BCUT2D eigenvalue weighted by Gasteiger charge is 2.20. The molecule has 0 saturated carbocycles. The first kappa shape index (κ1) is 10.6. The summed E-state index contributed by atoms with van der Waals surface area (Å²) in [5.41, 5.74) is 7.24. The fraction of sp³-hybridized carbons (Fsp3) is 0.364. The lowest BCUT2D eigenvalue weighted by Crippen LogP contribution is -2.24. The lowest BCUT2D eigenvalue weighted by atomic mass is 10.1. The van der Waals surface area contributed by atoms with Gasteiger partial charge in [-0.05, 0) is 43.3 Å². The van der Waals surface area contributed by atoms with Crippen LogP contribution in [0.2, 0.25) is 0 Å². The van der Waals surface area contributed by atoms with E-state index >= 15 is 0 Å². The van der Waals surface area contributed by atoms with Gasteiger partial charge in [0.2, 0.25) is 0 Å². The van der Waals surface area contributed by atoms with Crippen molar-refractivity contribution in [2.75, 3.05) is 5.73 Å². The van der Waals surface area contributed by atoms with Gasteiger partial charge >= 0.3 is 0 Å². The molecule has 0 radical (unpaired) electrons. The van der Waals surface area contributed by atoms with Crippen molar-refractivity contribution in [3.63, 3.8) is 0 Å². The third-order valence-electron chi connectivity index (χ3n) is 2.25. The molecular weight excluding hydrogens is 202 g/mol.